The van der Waals surface area contributed by atoms with Crippen LogP contribution in [-0.2, 0) is 40.4 Å². The minimum atomic E-state index is -1.59. The van der Waals surface area contributed by atoms with Crippen molar-refractivity contribution in [1.82, 2.24) is 0 Å². The molecule has 0 N–H and O–H groups in total. The van der Waals surface area contributed by atoms with Crippen LogP contribution >= 0.6 is 0 Å². The van der Waals surface area contributed by atoms with Gasteiger partial charge in [-0.3, -0.25) is 14.4 Å². The van der Waals surface area contributed by atoms with Crippen LogP contribution in [0.2, 0.25) is 0 Å². The van der Waals surface area contributed by atoms with Crippen molar-refractivity contribution >= 4 is 17.9 Å². The van der Waals surface area contributed by atoms with Crippen molar-refractivity contribution in [1.29, 1.82) is 0 Å². The third kappa shape index (κ3) is 3.39. The molecule has 0 fully saturated rings. The maximum atomic E-state index is 12.0. The molecule has 1 rings (SSSR count). The molecule has 6 heteroatoms. The molecule has 1 aromatic rings. The average Bonchev–Trinajstić information content (AvgIpc) is 2.52. The lowest BCUT2D eigenvalue weighted by Crippen LogP contribution is -2.42. The number of carbonyl (C=O) groups excluding carboxylic acids is 3. The number of ether oxygens (including phenoxy) is 3. The second-order valence-electron chi connectivity index (χ2n) is 4.56. The molecule has 0 amide bonds. The van der Waals surface area contributed by atoms with Crippen LogP contribution in [0.25, 0.3) is 0 Å². The standard InChI is InChI=1S/C15H18O6/c1-15(13(17)20-3,14(18)21-4)11-7-5-6-10(8-11)9-12(16)19-2/h5-8H,9H2,1-4H3. The lowest BCUT2D eigenvalue weighted by Gasteiger charge is -2.24. The Morgan fingerprint density at radius 3 is 2.05 bits per heavy atom. The van der Waals surface area contributed by atoms with Gasteiger partial charge in [0, 0.05) is 0 Å². The number of benzene rings is 1. The molecular weight excluding hydrogens is 276 g/mol. The summed E-state index contributed by atoms with van der Waals surface area (Å²) < 4.78 is 14.0. The van der Waals surface area contributed by atoms with Gasteiger partial charge in [-0.05, 0) is 18.1 Å². The van der Waals surface area contributed by atoms with E-state index in [0.29, 0.717) is 11.1 Å². The van der Waals surface area contributed by atoms with Gasteiger partial charge in [0.1, 0.15) is 0 Å². The molecule has 0 aliphatic carbocycles. The van der Waals surface area contributed by atoms with E-state index in [2.05, 4.69) is 4.74 Å². The molecule has 114 valence electrons. The highest BCUT2D eigenvalue weighted by atomic mass is 16.5. The van der Waals surface area contributed by atoms with Gasteiger partial charge >= 0.3 is 17.9 Å². The molecule has 0 saturated heterocycles. The number of rotatable bonds is 5. The SMILES string of the molecule is COC(=O)Cc1cccc(C(C)(C(=O)OC)C(=O)OC)c1. The van der Waals surface area contributed by atoms with Gasteiger partial charge in [0.25, 0.3) is 0 Å². The number of methoxy groups -OCH3 is 3. The molecule has 0 heterocycles. The summed E-state index contributed by atoms with van der Waals surface area (Å²) >= 11 is 0. The summed E-state index contributed by atoms with van der Waals surface area (Å²) in [7, 11) is 3.68. The van der Waals surface area contributed by atoms with Crippen molar-refractivity contribution in [3.8, 4) is 0 Å². The highest BCUT2D eigenvalue weighted by molar-refractivity contribution is 6.05. The van der Waals surface area contributed by atoms with Crippen molar-refractivity contribution in [2.45, 2.75) is 18.8 Å². The van der Waals surface area contributed by atoms with Crippen LogP contribution in [0.4, 0.5) is 0 Å². The van der Waals surface area contributed by atoms with Crippen LogP contribution in [0.5, 0.6) is 0 Å². The van der Waals surface area contributed by atoms with Gasteiger partial charge in [0.15, 0.2) is 5.41 Å². The summed E-state index contributed by atoms with van der Waals surface area (Å²) in [6.45, 7) is 1.42. The Kier molecular flexibility index (Phi) is 5.46. The molecule has 1 aromatic carbocycles. The normalized spacial score (nSPS) is 10.7. The van der Waals surface area contributed by atoms with Crippen LogP contribution in [0.3, 0.4) is 0 Å². The van der Waals surface area contributed by atoms with Crippen molar-refractivity contribution in [2.75, 3.05) is 21.3 Å². The molecule has 0 aliphatic rings. The van der Waals surface area contributed by atoms with E-state index in [4.69, 9.17) is 9.47 Å². The Labute approximate surface area is 123 Å². The van der Waals surface area contributed by atoms with E-state index in [1.807, 2.05) is 0 Å². The molecule has 0 bridgehead atoms. The fourth-order valence-corrected chi connectivity index (χ4v) is 1.96. The van der Waals surface area contributed by atoms with Crippen LogP contribution in [0.15, 0.2) is 24.3 Å². The predicted octanol–water partition coefficient (Wildman–Crippen LogP) is 1.01. The van der Waals surface area contributed by atoms with Gasteiger partial charge in [-0.25, -0.2) is 0 Å². The van der Waals surface area contributed by atoms with E-state index in [9.17, 15) is 14.4 Å². The third-order valence-electron chi connectivity index (χ3n) is 3.27. The maximum absolute atomic E-state index is 12.0. The van der Waals surface area contributed by atoms with Crippen LogP contribution in [0.1, 0.15) is 18.1 Å². The molecule has 0 atom stereocenters. The predicted molar refractivity (Wildman–Crippen MR) is 73.5 cm³/mol. The van der Waals surface area contributed by atoms with Gasteiger partial charge < -0.3 is 14.2 Å². The van der Waals surface area contributed by atoms with Crippen molar-refractivity contribution in [3.05, 3.63) is 35.4 Å². The second kappa shape index (κ2) is 6.88. The summed E-state index contributed by atoms with van der Waals surface area (Å²) in [5.41, 5.74) is -0.573. The number of carbonyl (C=O) groups is 3. The zero-order chi connectivity index (χ0) is 16.0. The van der Waals surface area contributed by atoms with Crippen molar-refractivity contribution in [2.24, 2.45) is 0 Å². The van der Waals surface area contributed by atoms with Crippen LogP contribution < -0.4 is 0 Å². The Bertz CT molecular complexity index is 533. The van der Waals surface area contributed by atoms with Crippen molar-refractivity contribution < 1.29 is 28.6 Å². The molecule has 0 unspecified atom stereocenters. The Balaban J connectivity index is 3.26. The molecular formula is C15H18O6. The highest BCUT2D eigenvalue weighted by Crippen LogP contribution is 2.28. The van der Waals surface area contributed by atoms with Gasteiger partial charge in [-0.1, -0.05) is 24.3 Å². The summed E-state index contributed by atoms with van der Waals surface area (Å²) in [6, 6.07) is 6.55. The van der Waals surface area contributed by atoms with E-state index < -0.39 is 23.3 Å². The molecule has 6 nitrogen and oxygen atoms in total. The summed E-state index contributed by atoms with van der Waals surface area (Å²) in [4.78, 5) is 35.3. The maximum Gasteiger partial charge on any atom is 0.327 e. The monoisotopic (exact) mass is 294 g/mol. The largest absolute Gasteiger partial charge is 0.469 e. The first-order chi connectivity index (χ1) is 9.89. The third-order valence-corrected chi connectivity index (χ3v) is 3.27. The van der Waals surface area contributed by atoms with Crippen LogP contribution in [-0.4, -0.2) is 39.2 Å². The van der Waals surface area contributed by atoms with E-state index in [-0.39, 0.29) is 6.42 Å². The van der Waals surface area contributed by atoms with Gasteiger partial charge in [-0.2, -0.15) is 0 Å². The zero-order valence-corrected chi connectivity index (χ0v) is 12.5. The zero-order valence-electron chi connectivity index (χ0n) is 12.5. The first-order valence-corrected chi connectivity index (χ1v) is 6.23. The molecule has 0 aliphatic heterocycles. The molecule has 0 radical (unpaired) electrons. The van der Waals surface area contributed by atoms with Gasteiger partial charge in [0.05, 0.1) is 27.8 Å². The smallest absolute Gasteiger partial charge is 0.327 e. The topological polar surface area (TPSA) is 78.9 Å². The summed E-state index contributed by atoms with van der Waals surface area (Å²) in [6.07, 6.45) is 0.0444. The summed E-state index contributed by atoms with van der Waals surface area (Å²) in [5.74, 6) is -1.88. The average molecular weight is 294 g/mol. The van der Waals surface area contributed by atoms with Gasteiger partial charge in [0.2, 0.25) is 0 Å². The fourth-order valence-electron chi connectivity index (χ4n) is 1.96. The lowest BCUT2D eigenvalue weighted by molar-refractivity contribution is -0.161. The lowest BCUT2D eigenvalue weighted by atomic mass is 9.81. The molecule has 0 aromatic heterocycles. The fraction of sp³-hybridized carbons (Fsp3) is 0.400. The minimum absolute atomic E-state index is 0.0444. The molecule has 21 heavy (non-hydrogen) atoms. The van der Waals surface area contributed by atoms with E-state index in [0.717, 1.165) is 0 Å². The molecule has 0 spiro atoms. The number of hydrogen-bond donors (Lipinski definition) is 0. The van der Waals surface area contributed by atoms with Crippen molar-refractivity contribution in [3.63, 3.8) is 0 Å². The minimum Gasteiger partial charge on any atom is -0.469 e. The molecule has 0 saturated carbocycles. The summed E-state index contributed by atoms with van der Waals surface area (Å²) in [5, 5.41) is 0. The van der Waals surface area contributed by atoms with Crippen LogP contribution in [0, 0.1) is 0 Å². The Morgan fingerprint density at radius 2 is 1.57 bits per heavy atom. The first-order valence-electron chi connectivity index (χ1n) is 6.23. The highest BCUT2D eigenvalue weighted by Gasteiger charge is 2.45. The number of hydrogen-bond acceptors (Lipinski definition) is 6. The second-order valence-corrected chi connectivity index (χ2v) is 4.56. The first kappa shape index (κ1) is 16.7. The van der Waals surface area contributed by atoms with E-state index >= 15 is 0 Å². The quantitative estimate of drug-likeness (QED) is 0.458. The van der Waals surface area contributed by atoms with Gasteiger partial charge in [-0.15, -0.1) is 0 Å². The Hall–Kier alpha value is -2.37. The Morgan fingerprint density at radius 1 is 1.00 bits per heavy atom. The van der Waals surface area contributed by atoms with E-state index in [1.54, 1.807) is 24.3 Å². The number of esters is 3. The van der Waals surface area contributed by atoms with E-state index in [1.165, 1.54) is 28.3 Å².